The number of benzene rings is 1. The summed E-state index contributed by atoms with van der Waals surface area (Å²) >= 11 is 0. The first-order valence-electron chi connectivity index (χ1n) is 8.13. The maximum atomic E-state index is 13.7. The van der Waals surface area contributed by atoms with Crippen molar-refractivity contribution in [3.05, 3.63) is 29.6 Å². The van der Waals surface area contributed by atoms with Gasteiger partial charge in [-0.25, -0.2) is 9.38 Å². The summed E-state index contributed by atoms with van der Waals surface area (Å²) in [5.74, 6) is 0.617. The summed E-state index contributed by atoms with van der Waals surface area (Å²) in [4.78, 5) is 4.47. The number of nitrogens with zero attached hydrogens (tertiary/aromatic N) is 1. The third-order valence-electron chi connectivity index (χ3n) is 3.19. The van der Waals surface area contributed by atoms with Crippen LogP contribution in [0.2, 0.25) is 0 Å². The first kappa shape index (κ1) is 19.2. The van der Waals surface area contributed by atoms with Gasteiger partial charge in [-0.2, -0.15) is 0 Å². The van der Waals surface area contributed by atoms with Crippen LogP contribution in [-0.2, 0) is 11.3 Å². The molecule has 0 heterocycles. The molecule has 0 saturated heterocycles. The number of rotatable bonds is 10. The van der Waals surface area contributed by atoms with Crippen LogP contribution >= 0.6 is 0 Å². The average Bonchev–Trinajstić information content (AvgIpc) is 2.55. The Hall–Kier alpha value is -1.82. The van der Waals surface area contributed by atoms with Crippen LogP contribution in [0, 0.1) is 5.82 Å². The van der Waals surface area contributed by atoms with Crippen LogP contribution in [0.4, 0.5) is 4.39 Å². The van der Waals surface area contributed by atoms with E-state index in [2.05, 4.69) is 15.6 Å². The van der Waals surface area contributed by atoms with E-state index in [0.29, 0.717) is 6.54 Å². The minimum Gasteiger partial charge on any atom is -0.494 e. The Bertz CT molecular complexity index is 481. The second-order valence-corrected chi connectivity index (χ2v) is 4.99. The zero-order valence-corrected chi connectivity index (χ0v) is 14.3. The van der Waals surface area contributed by atoms with E-state index >= 15 is 0 Å². The van der Waals surface area contributed by atoms with E-state index in [1.807, 2.05) is 19.9 Å². The quantitative estimate of drug-likeness (QED) is 0.394. The van der Waals surface area contributed by atoms with E-state index in [9.17, 15) is 4.39 Å². The molecule has 1 rings (SSSR count). The molecule has 0 saturated carbocycles. The second kappa shape index (κ2) is 11.7. The summed E-state index contributed by atoms with van der Waals surface area (Å²) in [6, 6.07) is 4.89. The van der Waals surface area contributed by atoms with Crippen LogP contribution in [0.3, 0.4) is 0 Å². The molecule has 2 N–H and O–H groups in total. The Morgan fingerprint density at radius 2 is 2.04 bits per heavy atom. The first-order chi connectivity index (χ1) is 11.2. The SMILES string of the molecule is CCNC(=NCc1ccc(OC)c(F)c1)NCCCCOCC. The lowest BCUT2D eigenvalue weighted by Crippen LogP contribution is -2.37. The summed E-state index contributed by atoms with van der Waals surface area (Å²) < 4.78 is 23.9. The van der Waals surface area contributed by atoms with Crippen LogP contribution < -0.4 is 15.4 Å². The van der Waals surface area contributed by atoms with Gasteiger partial charge in [-0.1, -0.05) is 6.07 Å². The van der Waals surface area contributed by atoms with E-state index in [0.717, 1.165) is 50.7 Å². The predicted molar refractivity (Wildman–Crippen MR) is 91.5 cm³/mol. The minimum absolute atomic E-state index is 0.247. The number of hydrogen-bond donors (Lipinski definition) is 2. The molecule has 0 aliphatic carbocycles. The monoisotopic (exact) mass is 325 g/mol. The van der Waals surface area contributed by atoms with Crippen LogP contribution in [0.15, 0.2) is 23.2 Å². The van der Waals surface area contributed by atoms with Gasteiger partial charge in [0.1, 0.15) is 0 Å². The van der Waals surface area contributed by atoms with E-state index < -0.39 is 0 Å². The highest BCUT2D eigenvalue weighted by atomic mass is 19.1. The van der Waals surface area contributed by atoms with Crippen LogP contribution in [0.5, 0.6) is 5.75 Å². The van der Waals surface area contributed by atoms with Gasteiger partial charge in [0.25, 0.3) is 0 Å². The van der Waals surface area contributed by atoms with Gasteiger partial charge in [-0.05, 0) is 44.4 Å². The lowest BCUT2D eigenvalue weighted by molar-refractivity contribution is 0.143. The number of guanidine groups is 1. The number of nitrogens with one attached hydrogen (secondary N) is 2. The van der Waals surface area contributed by atoms with Crippen molar-refractivity contribution in [1.29, 1.82) is 0 Å². The van der Waals surface area contributed by atoms with Gasteiger partial charge in [0.05, 0.1) is 13.7 Å². The van der Waals surface area contributed by atoms with Crippen molar-refractivity contribution in [3.8, 4) is 5.75 Å². The molecule has 6 heteroatoms. The maximum Gasteiger partial charge on any atom is 0.191 e. The summed E-state index contributed by atoms with van der Waals surface area (Å²) in [5.41, 5.74) is 0.803. The lowest BCUT2D eigenvalue weighted by atomic mass is 10.2. The van der Waals surface area contributed by atoms with Crippen molar-refractivity contribution < 1.29 is 13.9 Å². The summed E-state index contributed by atoms with van der Waals surface area (Å²) in [6.45, 7) is 7.58. The van der Waals surface area contributed by atoms with E-state index in [4.69, 9.17) is 9.47 Å². The molecule has 0 aromatic heterocycles. The largest absolute Gasteiger partial charge is 0.494 e. The highest BCUT2D eigenvalue weighted by Gasteiger charge is 2.03. The van der Waals surface area contributed by atoms with Crippen molar-refractivity contribution >= 4 is 5.96 Å². The normalized spacial score (nSPS) is 11.4. The topological polar surface area (TPSA) is 54.9 Å². The lowest BCUT2D eigenvalue weighted by Gasteiger charge is -2.11. The summed E-state index contributed by atoms with van der Waals surface area (Å²) in [5, 5.41) is 6.45. The molecule has 0 bridgehead atoms. The van der Waals surface area contributed by atoms with Crippen molar-refractivity contribution in [3.63, 3.8) is 0 Å². The molecule has 1 aromatic carbocycles. The molecule has 0 radical (unpaired) electrons. The van der Waals surface area contributed by atoms with E-state index in [1.54, 1.807) is 6.07 Å². The number of hydrogen-bond acceptors (Lipinski definition) is 3. The summed E-state index contributed by atoms with van der Waals surface area (Å²) in [7, 11) is 1.45. The van der Waals surface area contributed by atoms with Gasteiger partial charge in [0.2, 0.25) is 0 Å². The molecule has 0 amide bonds. The van der Waals surface area contributed by atoms with Crippen LogP contribution in [0.25, 0.3) is 0 Å². The van der Waals surface area contributed by atoms with Crippen molar-refractivity contribution in [2.45, 2.75) is 33.2 Å². The van der Waals surface area contributed by atoms with Gasteiger partial charge in [-0.15, -0.1) is 0 Å². The third-order valence-corrected chi connectivity index (χ3v) is 3.19. The Labute approximate surface area is 138 Å². The van der Waals surface area contributed by atoms with Crippen LogP contribution in [0.1, 0.15) is 32.3 Å². The Balaban J connectivity index is 2.46. The molecular formula is C17H28FN3O2. The minimum atomic E-state index is -0.367. The van der Waals surface area contributed by atoms with Crippen LogP contribution in [-0.4, -0.2) is 39.4 Å². The van der Waals surface area contributed by atoms with Gasteiger partial charge in [0.15, 0.2) is 17.5 Å². The maximum absolute atomic E-state index is 13.7. The average molecular weight is 325 g/mol. The van der Waals surface area contributed by atoms with E-state index in [-0.39, 0.29) is 11.6 Å². The van der Waals surface area contributed by atoms with Crippen molar-refractivity contribution in [2.24, 2.45) is 4.99 Å². The zero-order chi connectivity index (χ0) is 16.9. The molecule has 130 valence electrons. The highest BCUT2D eigenvalue weighted by molar-refractivity contribution is 5.79. The van der Waals surface area contributed by atoms with Gasteiger partial charge in [-0.3, -0.25) is 0 Å². The molecule has 0 aliphatic heterocycles. The Morgan fingerprint density at radius 1 is 1.22 bits per heavy atom. The number of aliphatic imine (C=N–C) groups is 1. The first-order valence-corrected chi connectivity index (χ1v) is 8.13. The van der Waals surface area contributed by atoms with Gasteiger partial charge in [0, 0.05) is 26.3 Å². The zero-order valence-electron chi connectivity index (χ0n) is 14.3. The number of halogens is 1. The summed E-state index contributed by atoms with van der Waals surface area (Å²) in [6.07, 6.45) is 2.03. The molecule has 0 fully saturated rings. The molecule has 0 unspecified atom stereocenters. The molecule has 1 aromatic rings. The molecule has 0 spiro atoms. The molecule has 0 atom stereocenters. The smallest absolute Gasteiger partial charge is 0.191 e. The van der Waals surface area contributed by atoms with Gasteiger partial charge < -0.3 is 20.1 Å². The van der Waals surface area contributed by atoms with E-state index in [1.165, 1.54) is 13.2 Å². The molecule has 0 aliphatic rings. The van der Waals surface area contributed by atoms with Crippen molar-refractivity contribution in [1.82, 2.24) is 10.6 Å². The third kappa shape index (κ3) is 7.83. The number of methoxy groups -OCH3 is 1. The highest BCUT2D eigenvalue weighted by Crippen LogP contribution is 2.17. The standard InChI is InChI=1S/C17H28FN3O2/c1-4-19-17(20-10-6-7-11-23-5-2)21-13-14-8-9-16(22-3)15(18)12-14/h8-9,12H,4-7,10-11,13H2,1-3H3,(H2,19,20,21). The molecule has 23 heavy (non-hydrogen) atoms. The Kier molecular flexibility index (Phi) is 9.79. The fraction of sp³-hybridized carbons (Fsp3) is 0.588. The number of ether oxygens (including phenoxy) is 2. The molecular weight excluding hydrogens is 297 g/mol. The number of unbranched alkanes of at least 4 members (excludes halogenated alkanes) is 1. The van der Waals surface area contributed by atoms with Crippen molar-refractivity contribution in [2.75, 3.05) is 33.4 Å². The van der Waals surface area contributed by atoms with Gasteiger partial charge >= 0.3 is 0 Å². The fourth-order valence-corrected chi connectivity index (χ4v) is 2.00. The second-order valence-electron chi connectivity index (χ2n) is 4.99. The predicted octanol–water partition coefficient (Wildman–Crippen LogP) is 2.71. The fourth-order valence-electron chi connectivity index (χ4n) is 2.00. The molecule has 5 nitrogen and oxygen atoms in total. The Morgan fingerprint density at radius 3 is 2.70 bits per heavy atom.